The normalized spacial score (nSPS) is 16.4. The van der Waals surface area contributed by atoms with E-state index in [9.17, 15) is 23.3 Å². The minimum Gasteiger partial charge on any atom is -0.432 e. The smallest absolute Gasteiger partial charge is 0.413 e. The Hall–Kier alpha value is -2.24. The summed E-state index contributed by atoms with van der Waals surface area (Å²) in [5, 5.41) is 11.0. The molecule has 0 saturated carbocycles. The molecule has 2 rings (SSSR count). The van der Waals surface area contributed by atoms with Crippen LogP contribution in [0.5, 0.6) is 0 Å². The number of nitrogens with zero attached hydrogens (tertiary/aromatic N) is 2. The van der Waals surface area contributed by atoms with Crippen LogP contribution in [0.2, 0.25) is 0 Å². The highest BCUT2D eigenvalue weighted by Gasteiger charge is 2.37. The first-order chi connectivity index (χ1) is 12.9. The summed E-state index contributed by atoms with van der Waals surface area (Å²) in [7, 11) is -4.03. The molecule has 1 aliphatic heterocycles. The molecule has 0 spiro atoms. The summed E-state index contributed by atoms with van der Waals surface area (Å²) in [5.41, 5.74) is -0.673. The van der Waals surface area contributed by atoms with Gasteiger partial charge in [0.15, 0.2) is 6.73 Å². The summed E-state index contributed by atoms with van der Waals surface area (Å²) < 4.78 is 37.9. The first kappa shape index (κ1) is 22.1. The number of hydrogen-bond acceptors (Lipinski definition) is 7. The van der Waals surface area contributed by atoms with Gasteiger partial charge in [0.2, 0.25) is 10.0 Å². The zero-order chi connectivity index (χ0) is 21.1. The number of amides is 1. The van der Waals surface area contributed by atoms with Crippen molar-refractivity contribution in [1.82, 2.24) is 9.62 Å². The fourth-order valence-electron chi connectivity index (χ4n) is 2.91. The van der Waals surface area contributed by atoms with Crippen molar-refractivity contribution in [3.05, 3.63) is 33.9 Å². The Kier molecular flexibility index (Phi) is 6.63. The number of carbonyl (C=O) groups is 1. The van der Waals surface area contributed by atoms with Crippen molar-refractivity contribution in [1.29, 1.82) is 0 Å². The third kappa shape index (κ3) is 5.18. The van der Waals surface area contributed by atoms with Crippen LogP contribution in [-0.2, 0) is 25.9 Å². The van der Waals surface area contributed by atoms with E-state index in [-0.39, 0.29) is 16.5 Å². The molecular weight excluding hydrogens is 390 g/mol. The number of rotatable bonds is 7. The van der Waals surface area contributed by atoms with Crippen molar-refractivity contribution in [2.45, 2.75) is 44.7 Å². The van der Waals surface area contributed by atoms with Crippen LogP contribution >= 0.6 is 0 Å². The number of nitro benzene ring substituents is 1. The second-order valence-electron chi connectivity index (χ2n) is 7.30. The summed E-state index contributed by atoms with van der Waals surface area (Å²) in [6, 6.07) is 3.58. The second kappa shape index (κ2) is 8.41. The Morgan fingerprint density at radius 3 is 2.64 bits per heavy atom. The molecule has 1 aromatic carbocycles. The third-order valence-corrected chi connectivity index (χ3v) is 5.73. The molecule has 0 radical (unpaired) electrons. The van der Waals surface area contributed by atoms with Crippen molar-refractivity contribution >= 4 is 21.8 Å². The molecule has 1 amide bonds. The number of hydrogen-bond donors (Lipinski definition) is 1. The number of sulfonamides is 1. The molecule has 1 heterocycles. The molecule has 10 nitrogen and oxygen atoms in total. The van der Waals surface area contributed by atoms with E-state index in [2.05, 4.69) is 4.72 Å². The zero-order valence-electron chi connectivity index (χ0n) is 16.3. The monoisotopic (exact) mass is 415 g/mol. The van der Waals surface area contributed by atoms with Gasteiger partial charge in [-0.1, -0.05) is 13.8 Å². The van der Waals surface area contributed by atoms with Gasteiger partial charge in [-0.25, -0.2) is 13.2 Å². The van der Waals surface area contributed by atoms with Crippen molar-refractivity contribution in [2.24, 2.45) is 5.92 Å². The van der Waals surface area contributed by atoms with Gasteiger partial charge >= 0.3 is 6.09 Å². The quantitative estimate of drug-likeness (QED) is 0.411. The van der Waals surface area contributed by atoms with Gasteiger partial charge in [-0.05, 0) is 37.8 Å². The van der Waals surface area contributed by atoms with Gasteiger partial charge in [0.1, 0.15) is 5.72 Å². The molecule has 1 aliphatic rings. The van der Waals surface area contributed by atoms with Crippen molar-refractivity contribution in [2.75, 3.05) is 19.9 Å². The molecule has 11 heteroatoms. The van der Waals surface area contributed by atoms with E-state index in [4.69, 9.17) is 9.47 Å². The Balaban J connectivity index is 2.11. The number of ether oxygens (including phenoxy) is 2. The predicted octanol–water partition coefficient (Wildman–Crippen LogP) is 2.23. The molecule has 156 valence electrons. The summed E-state index contributed by atoms with van der Waals surface area (Å²) in [5.74, 6) is 0.0891. The lowest BCUT2D eigenvalue weighted by atomic mass is 10.0. The Morgan fingerprint density at radius 1 is 1.43 bits per heavy atom. The van der Waals surface area contributed by atoms with E-state index >= 15 is 0 Å². The van der Waals surface area contributed by atoms with Crippen molar-refractivity contribution < 1.29 is 27.6 Å². The minimum absolute atomic E-state index is 0.0762. The number of nitro groups is 1. The number of benzene rings is 1. The number of nitrogens with one attached hydrogen (secondary N) is 1. The van der Waals surface area contributed by atoms with Crippen LogP contribution in [0.3, 0.4) is 0 Å². The topological polar surface area (TPSA) is 128 Å². The van der Waals surface area contributed by atoms with E-state index in [1.165, 1.54) is 17.0 Å². The van der Waals surface area contributed by atoms with Gasteiger partial charge in [0.05, 0.1) is 23.0 Å². The van der Waals surface area contributed by atoms with E-state index in [1.54, 1.807) is 13.8 Å². The molecule has 1 fully saturated rings. The first-order valence-corrected chi connectivity index (χ1v) is 10.3. The van der Waals surface area contributed by atoms with E-state index < -0.39 is 33.5 Å². The van der Waals surface area contributed by atoms with Crippen LogP contribution in [0.15, 0.2) is 23.1 Å². The van der Waals surface area contributed by atoms with Gasteiger partial charge in [-0.3, -0.25) is 15.0 Å². The average Bonchev–Trinajstić information content (AvgIpc) is 2.93. The lowest BCUT2D eigenvalue weighted by Gasteiger charge is -2.28. The van der Waals surface area contributed by atoms with Crippen LogP contribution in [0.1, 0.15) is 33.3 Å². The molecule has 1 saturated heterocycles. The fourth-order valence-corrected chi connectivity index (χ4v) is 4.01. The summed E-state index contributed by atoms with van der Waals surface area (Å²) in [6.07, 6.45) is -0.354. The molecule has 1 aromatic rings. The summed E-state index contributed by atoms with van der Waals surface area (Å²) in [6.45, 7) is 7.33. The molecule has 0 aliphatic carbocycles. The number of non-ortho nitro benzene ring substituents is 1. The molecule has 0 unspecified atom stereocenters. The molecule has 28 heavy (non-hydrogen) atoms. The molecular formula is C17H25N3O7S. The first-order valence-electron chi connectivity index (χ1n) is 8.79. The van der Waals surface area contributed by atoms with Gasteiger partial charge in [-0.2, -0.15) is 4.72 Å². The van der Waals surface area contributed by atoms with Gasteiger partial charge < -0.3 is 9.47 Å². The summed E-state index contributed by atoms with van der Waals surface area (Å²) in [4.78, 5) is 23.8. The second-order valence-corrected chi connectivity index (χ2v) is 9.03. The van der Waals surface area contributed by atoms with Crippen LogP contribution in [0.4, 0.5) is 10.5 Å². The fraction of sp³-hybridized carbons (Fsp3) is 0.588. The molecule has 0 atom stereocenters. The highest BCUT2D eigenvalue weighted by molar-refractivity contribution is 7.89. The SMILES string of the molecule is CC(C)Cc1cc([N+](=O)[O-])ccc1S(=O)(=O)NCOC(=O)N1CCOC1(C)C. The summed E-state index contributed by atoms with van der Waals surface area (Å²) >= 11 is 0. The highest BCUT2D eigenvalue weighted by Crippen LogP contribution is 2.25. The van der Waals surface area contributed by atoms with Gasteiger partial charge in [0.25, 0.3) is 5.69 Å². The Bertz CT molecular complexity index is 852. The zero-order valence-corrected chi connectivity index (χ0v) is 17.1. The standard InChI is InChI=1S/C17H25N3O7S/c1-12(2)9-13-10-14(20(22)23)5-6-15(13)28(24,25)18-11-26-16(21)19-7-8-27-17(19,3)4/h5-6,10,12,18H,7-9,11H2,1-4H3. The maximum Gasteiger partial charge on any atom is 0.413 e. The van der Waals surface area contributed by atoms with Crippen molar-refractivity contribution in [3.63, 3.8) is 0 Å². The molecule has 1 N–H and O–H groups in total. The largest absolute Gasteiger partial charge is 0.432 e. The van der Waals surface area contributed by atoms with E-state index in [0.29, 0.717) is 25.1 Å². The predicted molar refractivity (Wildman–Crippen MR) is 100 cm³/mol. The van der Waals surface area contributed by atoms with Crippen molar-refractivity contribution in [3.8, 4) is 0 Å². The Morgan fingerprint density at radius 2 is 2.11 bits per heavy atom. The van der Waals surface area contributed by atoms with Crippen LogP contribution in [-0.4, -0.2) is 49.9 Å². The van der Waals surface area contributed by atoms with Gasteiger partial charge in [-0.15, -0.1) is 0 Å². The van der Waals surface area contributed by atoms with Crippen LogP contribution < -0.4 is 4.72 Å². The number of carbonyl (C=O) groups excluding carboxylic acids is 1. The van der Waals surface area contributed by atoms with E-state index in [1.807, 2.05) is 13.8 Å². The molecule has 0 bridgehead atoms. The molecule has 0 aromatic heterocycles. The minimum atomic E-state index is -4.03. The maximum atomic E-state index is 12.6. The lowest BCUT2D eigenvalue weighted by Crippen LogP contribution is -2.45. The average molecular weight is 415 g/mol. The van der Waals surface area contributed by atoms with E-state index in [0.717, 1.165) is 6.07 Å². The van der Waals surface area contributed by atoms with Crippen LogP contribution in [0.25, 0.3) is 0 Å². The van der Waals surface area contributed by atoms with Gasteiger partial charge in [0, 0.05) is 12.1 Å². The highest BCUT2D eigenvalue weighted by atomic mass is 32.2. The maximum absolute atomic E-state index is 12.6. The third-order valence-electron chi connectivity index (χ3n) is 4.26. The van der Waals surface area contributed by atoms with Crippen LogP contribution in [0, 0.1) is 16.0 Å². The Labute approximate surface area is 164 Å². The lowest BCUT2D eigenvalue weighted by molar-refractivity contribution is -0.385.